The van der Waals surface area contributed by atoms with Crippen molar-refractivity contribution in [2.24, 2.45) is 5.73 Å². The molecule has 0 aromatic heterocycles. The van der Waals surface area contributed by atoms with Gasteiger partial charge in [0.05, 0.1) is 0 Å². The van der Waals surface area contributed by atoms with Gasteiger partial charge in [-0.3, -0.25) is 4.90 Å². The minimum absolute atomic E-state index is 0.728. The Morgan fingerprint density at radius 1 is 1.36 bits per heavy atom. The van der Waals surface area contributed by atoms with E-state index in [0.29, 0.717) is 0 Å². The summed E-state index contributed by atoms with van der Waals surface area (Å²) >= 11 is 0. The first kappa shape index (κ1) is 12.0. The molecule has 1 atom stereocenters. The Labute approximate surface area is 88.8 Å². The van der Waals surface area contributed by atoms with Crippen molar-refractivity contribution in [3.63, 3.8) is 0 Å². The minimum Gasteiger partial charge on any atom is -0.329 e. The zero-order chi connectivity index (χ0) is 10.4. The van der Waals surface area contributed by atoms with Crippen LogP contribution in [0.4, 0.5) is 0 Å². The van der Waals surface area contributed by atoms with Gasteiger partial charge < -0.3 is 5.73 Å². The Bertz CT molecular complexity index is 141. The molecular weight excluding hydrogens is 172 g/mol. The van der Waals surface area contributed by atoms with Crippen molar-refractivity contribution in [3.05, 3.63) is 0 Å². The summed E-state index contributed by atoms with van der Waals surface area (Å²) in [4.78, 5) is 2.65. The highest BCUT2D eigenvalue weighted by molar-refractivity contribution is 4.81. The van der Waals surface area contributed by atoms with Crippen molar-refractivity contribution in [1.82, 2.24) is 4.90 Å². The highest BCUT2D eigenvalue weighted by Gasteiger charge is 2.25. The molecular formula is C12H26N2. The first-order chi connectivity index (χ1) is 6.79. The normalized spacial score (nSPS) is 20.6. The van der Waals surface area contributed by atoms with E-state index in [0.717, 1.165) is 25.2 Å². The summed E-state index contributed by atoms with van der Waals surface area (Å²) < 4.78 is 0. The third-order valence-electron chi connectivity index (χ3n) is 3.45. The predicted octanol–water partition coefficient (Wildman–Crippen LogP) is 2.38. The second kappa shape index (κ2) is 6.41. The van der Waals surface area contributed by atoms with Crippen LogP contribution in [0.3, 0.4) is 0 Å². The summed E-state index contributed by atoms with van der Waals surface area (Å²) in [5.41, 5.74) is 5.69. The fourth-order valence-electron chi connectivity index (χ4n) is 2.73. The van der Waals surface area contributed by atoms with E-state index in [4.69, 9.17) is 5.73 Å². The smallest absolute Gasteiger partial charge is 0.0110 e. The van der Waals surface area contributed by atoms with Crippen LogP contribution >= 0.6 is 0 Å². The lowest BCUT2D eigenvalue weighted by Crippen LogP contribution is -2.43. The van der Waals surface area contributed by atoms with Crippen LogP contribution in [0, 0.1) is 0 Å². The third-order valence-corrected chi connectivity index (χ3v) is 3.45. The van der Waals surface area contributed by atoms with Crippen LogP contribution in [-0.4, -0.2) is 30.1 Å². The molecule has 1 aliphatic carbocycles. The lowest BCUT2D eigenvalue weighted by molar-refractivity contribution is 0.142. The van der Waals surface area contributed by atoms with Crippen LogP contribution in [0.25, 0.3) is 0 Å². The van der Waals surface area contributed by atoms with Crippen LogP contribution in [0.15, 0.2) is 0 Å². The number of nitrogens with two attached hydrogens (primary N) is 1. The lowest BCUT2D eigenvalue weighted by Gasteiger charge is -2.34. The molecule has 0 radical (unpaired) electrons. The molecule has 0 aromatic carbocycles. The fraction of sp³-hybridized carbons (Fsp3) is 1.00. The molecule has 2 nitrogen and oxygen atoms in total. The molecule has 14 heavy (non-hydrogen) atoms. The monoisotopic (exact) mass is 198 g/mol. The standard InChI is InChI=1S/C12H26N2/c1-3-6-11(2)14(10-9-13)12-7-4-5-8-12/h11-12H,3-10,13H2,1-2H3. The van der Waals surface area contributed by atoms with Crippen molar-refractivity contribution in [3.8, 4) is 0 Å². The minimum atomic E-state index is 0.728. The molecule has 0 bridgehead atoms. The molecule has 2 N–H and O–H groups in total. The van der Waals surface area contributed by atoms with Crippen molar-refractivity contribution in [2.45, 2.75) is 64.5 Å². The highest BCUT2D eigenvalue weighted by atomic mass is 15.2. The first-order valence-electron chi connectivity index (χ1n) is 6.25. The van der Waals surface area contributed by atoms with Gasteiger partial charge in [-0.2, -0.15) is 0 Å². The van der Waals surface area contributed by atoms with Crippen LogP contribution in [0.2, 0.25) is 0 Å². The maximum absolute atomic E-state index is 5.69. The van der Waals surface area contributed by atoms with Crippen molar-refractivity contribution in [2.75, 3.05) is 13.1 Å². The Hall–Kier alpha value is -0.0800. The van der Waals surface area contributed by atoms with Crippen LogP contribution < -0.4 is 5.73 Å². The highest BCUT2D eigenvalue weighted by Crippen LogP contribution is 2.25. The molecule has 1 saturated carbocycles. The number of hydrogen-bond acceptors (Lipinski definition) is 2. The molecule has 1 unspecified atom stereocenters. The Morgan fingerprint density at radius 3 is 2.50 bits per heavy atom. The Balaban J connectivity index is 2.43. The average molecular weight is 198 g/mol. The summed E-state index contributed by atoms with van der Waals surface area (Å²) in [6, 6.07) is 1.56. The Kier molecular flexibility index (Phi) is 5.49. The second-order valence-corrected chi connectivity index (χ2v) is 4.60. The van der Waals surface area contributed by atoms with Crippen molar-refractivity contribution < 1.29 is 0 Å². The molecule has 0 amide bonds. The molecule has 0 saturated heterocycles. The molecule has 0 aliphatic heterocycles. The van der Waals surface area contributed by atoms with E-state index < -0.39 is 0 Å². The molecule has 1 aliphatic rings. The maximum Gasteiger partial charge on any atom is 0.0110 e. The van der Waals surface area contributed by atoms with Crippen molar-refractivity contribution in [1.29, 1.82) is 0 Å². The number of hydrogen-bond donors (Lipinski definition) is 1. The van der Waals surface area contributed by atoms with E-state index in [9.17, 15) is 0 Å². The molecule has 2 heteroatoms. The van der Waals surface area contributed by atoms with Crippen LogP contribution in [0.1, 0.15) is 52.4 Å². The van der Waals surface area contributed by atoms with Gasteiger partial charge in [-0.1, -0.05) is 26.2 Å². The van der Waals surface area contributed by atoms with E-state index in [1.54, 1.807) is 0 Å². The van der Waals surface area contributed by atoms with E-state index in [1.807, 2.05) is 0 Å². The summed E-state index contributed by atoms with van der Waals surface area (Å²) in [5.74, 6) is 0. The number of rotatable bonds is 6. The van der Waals surface area contributed by atoms with Gasteiger partial charge in [-0.15, -0.1) is 0 Å². The summed E-state index contributed by atoms with van der Waals surface area (Å²) in [6.07, 6.45) is 8.24. The molecule has 0 aromatic rings. The molecule has 1 fully saturated rings. The van der Waals surface area contributed by atoms with Gasteiger partial charge in [0.2, 0.25) is 0 Å². The van der Waals surface area contributed by atoms with E-state index in [2.05, 4.69) is 18.7 Å². The van der Waals surface area contributed by atoms with Crippen molar-refractivity contribution >= 4 is 0 Å². The van der Waals surface area contributed by atoms with E-state index in [-0.39, 0.29) is 0 Å². The largest absolute Gasteiger partial charge is 0.329 e. The molecule has 0 spiro atoms. The van der Waals surface area contributed by atoms with Gasteiger partial charge in [0.25, 0.3) is 0 Å². The molecule has 1 rings (SSSR count). The van der Waals surface area contributed by atoms with Crippen LogP contribution in [-0.2, 0) is 0 Å². The molecule has 0 heterocycles. The SMILES string of the molecule is CCCC(C)N(CCN)C1CCCC1. The predicted molar refractivity (Wildman–Crippen MR) is 62.4 cm³/mol. The van der Waals surface area contributed by atoms with Gasteiger partial charge in [0.15, 0.2) is 0 Å². The topological polar surface area (TPSA) is 29.3 Å². The van der Waals surface area contributed by atoms with E-state index >= 15 is 0 Å². The van der Waals surface area contributed by atoms with Gasteiger partial charge >= 0.3 is 0 Å². The van der Waals surface area contributed by atoms with Crippen LogP contribution in [0.5, 0.6) is 0 Å². The number of nitrogens with zero attached hydrogens (tertiary/aromatic N) is 1. The Morgan fingerprint density at radius 2 is 2.00 bits per heavy atom. The lowest BCUT2D eigenvalue weighted by atomic mass is 10.1. The zero-order valence-electron chi connectivity index (χ0n) is 9.84. The summed E-state index contributed by atoms with van der Waals surface area (Å²) in [6.45, 7) is 6.53. The fourth-order valence-corrected chi connectivity index (χ4v) is 2.73. The average Bonchev–Trinajstić information content (AvgIpc) is 2.67. The second-order valence-electron chi connectivity index (χ2n) is 4.60. The van der Waals surface area contributed by atoms with Gasteiger partial charge in [0, 0.05) is 25.2 Å². The van der Waals surface area contributed by atoms with Gasteiger partial charge in [0.1, 0.15) is 0 Å². The molecule has 84 valence electrons. The maximum atomic E-state index is 5.69. The zero-order valence-corrected chi connectivity index (χ0v) is 9.84. The summed E-state index contributed by atoms with van der Waals surface area (Å²) in [5, 5.41) is 0. The van der Waals surface area contributed by atoms with E-state index in [1.165, 1.54) is 38.5 Å². The quantitative estimate of drug-likeness (QED) is 0.710. The third kappa shape index (κ3) is 3.25. The first-order valence-corrected chi connectivity index (χ1v) is 6.25. The van der Waals surface area contributed by atoms with Gasteiger partial charge in [-0.05, 0) is 26.2 Å². The summed E-state index contributed by atoms with van der Waals surface area (Å²) in [7, 11) is 0. The van der Waals surface area contributed by atoms with Gasteiger partial charge in [-0.25, -0.2) is 0 Å².